The number of benzene rings is 1. The molecule has 20 heavy (non-hydrogen) atoms. The molecule has 0 spiro atoms. The van der Waals surface area contributed by atoms with Crippen LogP contribution in [0.1, 0.15) is 0 Å². The predicted octanol–water partition coefficient (Wildman–Crippen LogP) is 3.53. The lowest BCUT2D eigenvalue weighted by molar-refractivity contribution is -0.386. The van der Waals surface area contributed by atoms with Crippen LogP contribution in [0.2, 0.25) is 10.0 Å². The number of nitrogens with zero attached hydrogens (tertiary/aromatic N) is 3. The second kappa shape index (κ2) is 5.89. The molecular weight excluding hydrogens is 307 g/mol. The van der Waals surface area contributed by atoms with Crippen LogP contribution in [0.3, 0.4) is 0 Å². The van der Waals surface area contributed by atoms with Crippen molar-refractivity contribution in [1.29, 1.82) is 0 Å². The third-order valence-electron chi connectivity index (χ3n) is 2.26. The molecule has 7 nitrogen and oxygen atoms in total. The summed E-state index contributed by atoms with van der Waals surface area (Å²) in [5, 5.41) is 14.2. The molecule has 1 aromatic carbocycles. The molecule has 1 N–H and O–H groups in total. The van der Waals surface area contributed by atoms with Crippen LogP contribution in [0.5, 0.6) is 11.6 Å². The Bertz CT molecular complexity index is 666. The fraction of sp³-hybridized carbons (Fsp3) is 0.0909. The molecule has 0 bridgehead atoms. The Morgan fingerprint density at radius 2 is 2.15 bits per heavy atom. The summed E-state index contributed by atoms with van der Waals surface area (Å²) in [5.74, 6) is 0.130. The lowest BCUT2D eigenvalue weighted by Gasteiger charge is -2.08. The number of nitrogens with one attached hydrogen (secondary N) is 1. The summed E-state index contributed by atoms with van der Waals surface area (Å²) in [4.78, 5) is 17.9. The average molecular weight is 315 g/mol. The number of hydrogen-bond donors (Lipinski definition) is 1. The Labute approximate surface area is 123 Å². The Morgan fingerprint density at radius 1 is 1.40 bits per heavy atom. The number of anilines is 1. The third-order valence-corrected chi connectivity index (χ3v) is 2.80. The summed E-state index contributed by atoms with van der Waals surface area (Å²) in [6, 6.07) is 4.53. The van der Waals surface area contributed by atoms with Gasteiger partial charge in [-0.2, -0.15) is 4.98 Å². The van der Waals surface area contributed by atoms with E-state index in [-0.39, 0.29) is 28.3 Å². The first-order valence-corrected chi connectivity index (χ1v) is 6.09. The van der Waals surface area contributed by atoms with E-state index in [0.29, 0.717) is 5.02 Å². The number of hydrogen-bond acceptors (Lipinski definition) is 6. The minimum Gasteiger partial charge on any atom is -0.432 e. The van der Waals surface area contributed by atoms with Gasteiger partial charge < -0.3 is 10.1 Å². The van der Waals surface area contributed by atoms with Crippen LogP contribution in [-0.4, -0.2) is 21.9 Å². The van der Waals surface area contributed by atoms with Crippen LogP contribution in [0.4, 0.5) is 11.6 Å². The zero-order valence-corrected chi connectivity index (χ0v) is 11.6. The quantitative estimate of drug-likeness (QED) is 0.685. The Balaban J connectivity index is 2.45. The van der Waals surface area contributed by atoms with Crippen LogP contribution >= 0.6 is 23.2 Å². The van der Waals surface area contributed by atoms with E-state index in [9.17, 15) is 10.1 Å². The molecule has 1 heterocycles. The zero-order valence-electron chi connectivity index (χ0n) is 10.1. The predicted molar refractivity (Wildman–Crippen MR) is 74.8 cm³/mol. The molecule has 9 heteroatoms. The zero-order chi connectivity index (χ0) is 14.7. The normalized spacial score (nSPS) is 10.2. The highest BCUT2D eigenvalue weighted by atomic mass is 35.5. The van der Waals surface area contributed by atoms with Crippen LogP contribution in [0.15, 0.2) is 24.4 Å². The molecule has 2 aromatic rings. The Kier molecular flexibility index (Phi) is 4.21. The van der Waals surface area contributed by atoms with Gasteiger partial charge in [0.15, 0.2) is 0 Å². The molecule has 0 unspecified atom stereocenters. The number of rotatable bonds is 4. The van der Waals surface area contributed by atoms with Gasteiger partial charge in [0.25, 0.3) is 0 Å². The van der Waals surface area contributed by atoms with Crippen molar-refractivity contribution in [3.8, 4) is 11.6 Å². The second-order valence-electron chi connectivity index (χ2n) is 3.57. The van der Waals surface area contributed by atoms with Crippen LogP contribution < -0.4 is 10.1 Å². The summed E-state index contributed by atoms with van der Waals surface area (Å²) < 4.78 is 5.38. The summed E-state index contributed by atoms with van der Waals surface area (Å²) in [6.45, 7) is 0. The maximum Gasteiger partial charge on any atom is 0.349 e. The lowest BCUT2D eigenvalue weighted by atomic mass is 10.3. The van der Waals surface area contributed by atoms with E-state index in [0.717, 1.165) is 6.20 Å². The number of aromatic nitrogens is 2. The van der Waals surface area contributed by atoms with Crippen molar-refractivity contribution in [3.05, 3.63) is 44.6 Å². The molecule has 0 aliphatic rings. The van der Waals surface area contributed by atoms with E-state index in [1.807, 2.05) is 0 Å². The summed E-state index contributed by atoms with van der Waals surface area (Å²) in [5.41, 5.74) is -0.375. The number of halogens is 2. The van der Waals surface area contributed by atoms with E-state index < -0.39 is 4.92 Å². The SMILES string of the molecule is CNc1ncc([N+](=O)[O-])c(Oc2cc(Cl)ccc2Cl)n1. The highest BCUT2D eigenvalue weighted by Crippen LogP contribution is 2.35. The van der Waals surface area contributed by atoms with E-state index in [2.05, 4.69) is 15.3 Å². The van der Waals surface area contributed by atoms with Crippen LogP contribution in [0.25, 0.3) is 0 Å². The highest BCUT2D eigenvalue weighted by Gasteiger charge is 2.20. The molecular formula is C11H8Cl2N4O3. The van der Waals surface area contributed by atoms with Crippen molar-refractivity contribution in [2.24, 2.45) is 0 Å². The molecule has 1 aromatic heterocycles. The molecule has 0 amide bonds. The van der Waals surface area contributed by atoms with Gasteiger partial charge in [-0.05, 0) is 12.1 Å². The van der Waals surface area contributed by atoms with E-state index in [4.69, 9.17) is 27.9 Å². The summed E-state index contributed by atoms with van der Waals surface area (Å²) in [6.07, 6.45) is 1.05. The van der Waals surface area contributed by atoms with E-state index in [1.54, 1.807) is 13.1 Å². The van der Waals surface area contributed by atoms with Crippen LogP contribution in [0, 0.1) is 10.1 Å². The monoisotopic (exact) mass is 314 g/mol. The van der Waals surface area contributed by atoms with Crippen molar-refractivity contribution >= 4 is 34.8 Å². The first-order chi connectivity index (χ1) is 9.51. The van der Waals surface area contributed by atoms with Crippen molar-refractivity contribution in [3.63, 3.8) is 0 Å². The molecule has 0 atom stereocenters. The van der Waals surface area contributed by atoms with Gasteiger partial charge in [0, 0.05) is 18.1 Å². The van der Waals surface area contributed by atoms with Gasteiger partial charge in [-0.3, -0.25) is 10.1 Å². The first-order valence-electron chi connectivity index (χ1n) is 5.33. The fourth-order valence-electron chi connectivity index (χ4n) is 1.34. The van der Waals surface area contributed by atoms with E-state index in [1.165, 1.54) is 12.1 Å². The molecule has 0 fully saturated rings. The fourth-order valence-corrected chi connectivity index (χ4v) is 1.66. The maximum absolute atomic E-state index is 10.9. The summed E-state index contributed by atoms with van der Waals surface area (Å²) >= 11 is 11.8. The molecule has 0 radical (unpaired) electrons. The van der Waals surface area contributed by atoms with Crippen molar-refractivity contribution in [2.75, 3.05) is 12.4 Å². The first kappa shape index (κ1) is 14.3. The lowest BCUT2D eigenvalue weighted by Crippen LogP contribution is -2.02. The minimum atomic E-state index is -0.646. The number of ether oxygens (including phenoxy) is 1. The van der Waals surface area contributed by atoms with Gasteiger partial charge >= 0.3 is 11.6 Å². The molecule has 104 valence electrons. The highest BCUT2D eigenvalue weighted by molar-refractivity contribution is 6.34. The minimum absolute atomic E-state index is 0.169. The Morgan fingerprint density at radius 3 is 2.80 bits per heavy atom. The molecule has 2 rings (SSSR count). The van der Waals surface area contributed by atoms with Gasteiger partial charge in [0.05, 0.1) is 9.95 Å². The largest absolute Gasteiger partial charge is 0.432 e. The maximum atomic E-state index is 10.9. The Hall–Kier alpha value is -2.12. The molecule has 0 aliphatic heterocycles. The van der Waals surface area contributed by atoms with Crippen LogP contribution in [-0.2, 0) is 0 Å². The average Bonchev–Trinajstić information content (AvgIpc) is 2.42. The van der Waals surface area contributed by atoms with Crippen molar-refractivity contribution in [1.82, 2.24) is 9.97 Å². The second-order valence-corrected chi connectivity index (χ2v) is 4.41. The molecule has 0 aliphatic carbocycles. The van der Waals surface area contributed by atoms with E-state index >= 15 is 0 Å². The van der Waals surface area contributed by atoms with Gasteiger partial charge in [-0.1, -0.05) is 23.2 Å². The van der Waals surface area contributed by atoms with Crippen molar-refractivity contribution < 1.29 is 9.66 Å². The topological polar surface area (TPSA) is 90.2 Å². The molecule has 0 saturated carbocycles. The van der Waals surface area contributed by atoms with Gasteiger partial charge in [0.1, 0.15) is 11.9 Å². The number of nitro groups is 1. The van der Waals surface area contributed by atoms with Gasteiger partial charge in [-0.25, -0.2) is 4.98 Å². The van der Waals surface area contributed by atoms with Crippen molar-refractivity contribution in [2.45, 2.75) is 0 Å². The smallest absolute Gasteiger partial charge is 0.349 e. The van der Waals surface area contributed by atoms with Gasteiger partial charge in [0.2, 0.25) is 5.95 Å². The van der Waals surface area contributed by atoms with Gasteiger partial charge in [-0.15, -0.1) is 0 Å². The standard InChI is InChI=1S/C11H8Cl2N4O3/c1-14-11-15-5-8(17(18)19)10(16-11)20-9-4-6(12)2-3-7(9)13/h2-5H,1H3,(H,14,15,16). The summed E-state index contributed by atoms with van der Waals surface area (Å²) in [7, 11) is 1.58. The third kappa shape index (κ3) is 3.06. The molecule has 0 saturated heterocycles.